The number of carbonyl (C=O) groups excluding carboxylic acids is 1. The summed E-state index contributed by atoms with van der Waals surface area (Å²) in [4.78, 5) is 12.8. The molecule has 18 heavy (non-hydrogen) atoms. The van der Waals surface area contributed by atoms with Crippen LogP contribution in [0.2, 0.25) is 0 Å². The fourth-order valence-corrected chi connectivity index (χ4v) is 2.68. The van der Waals surface area contributed by atoms with Crippen LogP contribution in [0.25, 0.3) is 0 Å². The van der Waals surface area contributed by atoms with Crippen LogP contribution >= 0.6 is 27.3 Å². The first-order valence-electron chi connectivity index (χ1n) is 5.32. The number of rotatable bonds is 3. The van der Waals surface area contributed by atoms with Gasteiger partial charge in [-0.1, -0.05) is 18.2 Å². The summed E-state index contributed by atoms with van der Waals surface area (Å²) in [6, 6.07) is 12.9. The second kappa shape index (κ2) is 5.93. The minimum atomic E-state index is -0.203. The van der Waals surface area contributed by atoms with Crippen LogP contribution < -0.4 is 5.43 Å². The standard InChI is InChI=1S/C13H11BrN2OS/c1-9(11-7-8-12(14)18-11)15-16-13(17)10-5-3-2-4-6-10/h2-8H,1H3,(H,16,17)/b15-9+. The number of hydrogen-bond acceptors (Lipinski definition) is 3. The number of amides is 1. The van der Waals surface area contributed by atoms with Gasteiger partial charge in [0, 0.05) is 5.56 Å². The summed E-state index contributed by atoms with van der Waals surface area (Å²) in [5.41, 5.74) is 3.93. The maximum absolute atomic E-state index is 11.8. The number of nitrogens with zero attached hydrogens (tertiary/aromatic N) is 1. The molecule has 0 saturated heterocycles. The van der Waals surface area contributed by atoms with Crippen molar-refractivity contribution < 1.29 is 4.79 Å². The smallest absolute Gasteiger partial charge is 0.267 e. The number of hydrogen-bond donors (Lipinski definition) is 1. The molecule has 0 unspecified atom stereocenters. The lowest BCUT2D eigenvalue weighted by Gasteiger charge is -2.00. The predicted octanol–water partition coefficient (Wildman–Crippen LogP) is 3.66. The van der Waals surface area contributed by atoms with E-state index in [1.807, 2.05) is 37.3 Å². The summed E-state index contributed by atoms with van der Waals surface area (Å²) < 4.78 is 1.04. The molecule has 3 nitrogen and oxygen atoms in total. The molecule has 5 heteroatoms. The van der Waals surface area contributed by atoms with E-state index in [2.05, 4.69) is 26.5 Å². The van der Waals surface area contributed by atoms with Crippen molar-refractivity contribution in [2.24, 2.45) is 5.10 Å². The van der Waals surface area contributed by atoms with Gasteiger partial charge in [0.25, 0.3) is 5.91 Å². The maximum Gasteiger partial charge on any atom is 0.271 e. The normalized spacial score (nSPS) is 11.3. The van der Waals surface area contributed by atoms with Crippen molar-refractivity contribution in [1.82, 2.24) is 5.43 Å². The summed E-state index contributed by atoms with van der Waals surface area (Å²) >= 11 is 4.97. The molecule has 1 N–H and O–H groups in total. The monoisotopic (exact) mass is 322 g/mol. The molecule has 2 aromatic rings. The highest BCUT2D eigenvalue weighted by Gasteiger charge is 2.04. The van der Waals surface area contributed by atoms with Crippen molar-refractivity contribution in [2.75, 3.05) is 0 Å². The summed E-state index contributed by atoms with van der Waals surface area (Å²) in [5, 5.41) is 4.09. The molecule has 0 aliphatic heterocycles. The van der Waals surface area contributed by atoms with E-state index in [0.717, 1.165) is 14.4 Å². The Labute approximate surface area is 118 Å². The Morgan fingerprint density at radius 2 is 1.94 bits per heavy atom. The Morgan fingerprint density at radius 3 is 2.56 bits per heavy atom. The van der Waals surface area contributed by atoms with E-state index in [9.17, 15) is 4.79 Å². The molecule has 0 atom stereocenters. The zero-order valence-corrected chi connectivity index (χ0v) is 12.1. The van der Waals surface area contributed by atoms with E-state index in [4.69, 9.17) is 0 Å². The van der Waals surface area contributed by atoms with Gasteiger partial charge in [-0.15, -0.1) is 11.3 Å². The number of nitrogens with one attached hydrogen (secondary N) is 1. The largest absolute Gasteiger partial charge is 0.271 e. The van der Waals surface area contributed by atoms with Crippen molar-refractivity contribution in [1.29, 1.82) is 0 Å². The zero-order valence-electron chi connectivity index (χ0n) is 9.68. The average molecular weight is 323 g/mol. The summed E-state index contributed by atoms with van der Waals surface area (Å²) in [6.07, 6.45) is 0. The Hall–Kier alpha value is -1.46. The van der Waals surface area contributed by atoms with E-state index in [-0.39, 0.29) is 5.91 Å². The molecule has 0 fully saturated rings. The lowest BCUT2D eigenvalue weighted by atomic mass is 10.2. The van der Waals surface area contributed by atoms with E-state index >= 15 is 0 Å². The van der Waals surface area contributed by atoms with Gasteiger partial charge in [0.2, 0.25) is 0 Å². The minimum absolute atomic E-state index is 0.203. The third-order valence-electron chi connectivity index (χ3n) is 2.29. The molecular formula is C13H11BrN2OS. The second-order valence-electron chi connectivity index (χ2n) is 3.61. The Bertz CT molecular complexity index is 578. The molecule has 1 aromatic heterocycles. The molecule has 92 valence electrons. The van der Waals surface area contributed by atoms with Gasteiger partial charge >= 0.3 is 0 Å². The molecule has 2 rings (SSSR count). The highest BCUT2D eigenvalue weighted by molar-refractivity contribution is 9.11. The number of benzene rings is 1. The number of thiophene rings is 1. The van der Waals surface area contributed by atoms with Gasteiger partial charge in [-0.3, -0.25) is 4.79 Å². The molecule has 0 aliphatic rings. The third kappa shape index (κ3) is 3.27. The zero-order chi connectivity index (χ0) is 13.0. The van der Waals surface area contributed by atoms with Gasteiger partial charge in [0.05, 0.1) is 14.4 Å². The lowest BCUT2D eigenvalue weighted by molar-refractivity contribution is 0.0955. The minimum Gasteiger partial charge on any atom is -0.267 e. The highest BCUT2D eigenvalue weighted by Crippen LogP contribution is 2.22. The summed E-state index contributed by atoms with van der Waals surface area (Å²) in [5.74, 6) is -0.203. The van der Waals surface area contributed by atoms with Gasteiger partial charge in [-0.2, -0.15) is 5.10 Å². The molecule has 0 spiro atoms. The van der Waals surface area contributed by atoms with Crippen LogP contribution in [-0.4, -0.2) is 11.6 Å². The number of carbonyl (C=O) groups is 1. The first-order valence-corrected chi connectivity index (χ1v) is 6.93. The first kappa shape index (κ1) is 13.0. The summed E-state index contributed by atoms with van der Waals surface area (Å²) in [7, 11) is 0. The molecule has 0 bridgehead atoms. The van der Waals surface area contributed by atoms with Gasteiger partial charge in [0.1, 0.15) is 0 Å². The Kier molecular flexibility index (Phi) is 4.28. The second-order valence-corrected chi connectivity index (χ2v) is 6.07. The van der Waals surface area contributed by atoms with Crippen LogP contribution in [0, 0.1) is 0 Å². The maximum atomic E-state index is 11.8. The van der Waals surface area contributed by atoms with Crippen LogP contribution in [0.1, 0.15) is 22.2 Å². The topological polar surface area (TPSA) is 41.5 Å². The van der Waals surface area contributed by atoms with Crippen LogP contribution in [-0.2, 0) is 0 Å². The number of halogens is 1. The van der Waals surface area contributed by atoms with Crippen molar-refractivity contribution in [3.8, 4) is 0 Å². The van der Waals surface area contributed by atoms with Crippen molar-refractivity contribution in [2.45, 2.75) is 6.92 Å². The van der Waals surface area contributed by atoms with Crippen molar-refractivity contribution in [3.05, 3.63) is 56.7 Å². The first-order chi connectivity index (χ1) is 8.66. The number of hydrazone groups is 1. The van der Waals surface area contributed by atoms with E-state index in [1.54, 1.807) is 23.5 Å². The third-order valence-corrected chi connectivity index (χ3v) is 4.02. The molecule has 0 saturated carbocycles. The SMILES string of the molecule is C/C(=N\NC(=O)c1ccccc1)c1ccc(Br)s1. The van der Waals surface area contributed by atoms with Gasteiger partial charge in [-0.05, 0) is 47.1 Å². The molecule has 1 heterocycles. The molecular weight excluding hydrogens is 312 g/mol. The van der Waals surface area contributed by atoms with Crippen LogP contribution in [0.4, 0.5) is 0 Å². The van der Waals surface area contributed by atoms with Gasteiger partial charge in [-0.25, -0.2) is 5.43 Å². The van der Waals surface area contributed by atoms with Crippen LogP contribution in [0.3, 0.4) is 0 Å². The van der Waals surface area contributed by atoms with Crippen LogP contribution in [0.5, 0.6) is 0 Å². The summed E-state index contributed by atoms with van der Waals surface area (Å²) in [6.45, 7) is 1.86. The lowest BCUT2D eigenvalue weighted by Crippen LogP contribution is -2.18. The van der Waals surface area contributed by atoms with E-state index in [0.29, 0.717) is 5.56 Å². The Balaban J connectivity index is 2.05. The molecule has 0 radical (unpaired) electrons. The molecule has 1 aromatic carbocycles. The van der Waals surface area contributed by atoms with Crippen molar-refractivity contribution in [3.63, 3.8) is 0 Å². The van der Waals surface area contributed by atoms with Gasteiger partial charge in [0.15, 0.2) is 0 Å². The fourth-order valence-electron chi connectivity index (χ4n) is 1.35. The van der Waals surface area contributed by atoms with Crippen LogP contribution in [0.15, 0.2) is 51.4 Å². The van der Waals surface area contributed by atoms with Crippen molar-refractivity contribution >= 4 is 38.9 Å². The molecule has 0 aliphatic carbocycles. The fraction of sp³-hybridized carbons (Fsp3) is 0.0769. The highest BCUT2D eigenvalue weighted by atomic mass is 79.9. The predicted molar refractivity (Wildman–Crippen MR) is 78.1 cm³/mol. The quantitative estimate of drug-likeness (QED) is 0.680. The van der Waals surface area contributed by atoms with E-state index < -0.39 is 0 Å². The Morgan fingerprint density at radius 1 is 1.22 bits per heavy atom. The van der Waals surface area contributed by atoms with E-state index in [1.165, 1.54) is 0 Å². The average Bonchev–Trinajstić information content (AvgIpc) is 2.83. The molecule has 1 amide bonds. The van der Waals surface area contributed by atoms with Gasteiger partial charge < -0.3 is 0 Å².